The van der Waals surface area contributed by atoms with Crippen LogP contribution < -0.4 is 5.32 Å². The molecule has 1 aromatic carbocycles. The summed E-state index contributed by atoms with van der Waals surface area (Å²) >= 11 is 0. The van der Waals surface area contributed by atoms with Crippen molar-refractivity contribution >= 4 is 0 Å². The van der Waals surface area contributed by atoms with E-state index < -0.39 is 35.7 Å². The van der Waals surface area contributed by atoms with E-state index >= 15 is 0 Å². The van der Waals surface area contributed by atoms with Crippen molar-refractivity contribution in [3.63, 3.8) is 0 Å². The van der Waals surface area contributed by atoms with Gasteiger partial charge in [-0.3, -0.25) is 0 Å². The first-order valence-electron chi connectivity index (χ1n) is 6.26. The normalized spacial score (nSPS) is 24.1. The standard InChI is InChI=1S/C13H12F7N/c14-10-3-1-7(5-9(10)13(18,19)20)11-4-2-8(6-21-11)12(15,16)17/h1,3,5,8,11,21H,2,4,6H2. The van der Waals surface area contributed by atoms with E-state index in [0.29, 0.717) is 12.1 Å². The zero-order valence-electron chi connectivity index (χ0n) is 10.7. The number of hydrogen-bond donors (Lipinski definition) is 1. The lowest BCUT2D eigenvalue weighted by Crippen LogP contribution is -2.40. The summed E-state index contributed by atoms with van der Waals surface area (Å²) in [6, 6.07) is 1.87. The Morgan fingerprint density at radius 1 is 1.00 bits per heavy atom. The maximum atomic E-state index is 13.2. The van der Waals surface area contributed by atoms with Crippen LogP contribution in [-0.2, 0) is 6.18 Å². The predicted molar refractivity (Wildman–Crippen MR) is 60.9 cm³/mol. The zero-order valence-corrected chi connectivity index (χ0v) is 10.7. The average Bonchev–Trinajstić information content (AvgIpc) is 2.37. The molecule has 1 nitrogen and oxygen atoms in total. The highest BCUT2D eigenvalue weighted by molar-refractivity contribution is 5.29. The predicted octanol–water partition coefficient (Wildman–Crippen LogP) is 4.45. The van der Waals surface area contributed by atoms with Crippen molar-refractivity contribution in [2.75, 3.05) is 6.54 Å². The van der Waals surface area contributed by atoms with Gasteiger partial charge in [0, 0.05) is 12.6 Å². The molecule has 1 aliphatic rings. The van der Waals surface area contributed by atoms with Crippen LogP contribution in [-0.4, -0.2) is 12.7 Å². The molecule has 1 aromatic rings. The van der Waals surface area contributed by atoms with Gasteiger partial charge in [0.1, 0.15) is 5.82 Å². The Kier molecular flexibility index (Phi) is 4.19. The zero-order chi connectivity index (χ0) is 15.8. The van der Waals surface area contributed by atoms with Crippen LogP contribution >= 0.6 is 0 Å². The van der Waals surface area contributed by atoms with Crippen LogP contribution in [0.3, 0.4) is 0 Å². The minimum absolute atomic E-state index is 0.0487. The maximum absolute atomic E-state index is 13.2. The largest absolute Gasteiger partial charge is 0.419 e. The Labute approximate surface area is 116 Å². The summed E-state index contributed by atoms with van der Waals surface area (Å²) in [5.41, 5.74) is -1.26. The molecule has 2 atom stereocenters. The van der Waals surface area contributed by atoms with Crippen LogP contribution in [0.5, 0.6) is 0 Å². The first-order chi connectivity index (χ1) is 9.59. The lowest BCUT2D eigenvalue weighted by atomic mass is 9.90. The van der Waals surface area contributed by atoms with Gasteiger partial charge < -0.3 is 5.32 Å². The van der Waals surface area contributed by atoms with Crippen LogP contribution in [0.1, 0.15) is 30.0 Å². The lowest BCUT2D eigenvalue weighted by molar-refractivity contribution is -0.179. The summed E-state index contributed by atoms with van der Waals surface area (Å²) in [5, 5.41) is 2.58. The van der Waals surface area contributed by atoms with Gasteiger partial charge in [0.2, 0.25) is 0 Å². The second kappa shape index (κ2) is 5.47. The van der Waals surface area contributed by atoms with Crippen LogP contribution in [0.4, 0.5) is 30.7 Å². The van der Waals surface area contributed by atoms with Crippen molar-refractivity contribution < 1.29 is 30.7 Å². The molecule has 1 fully saturated rings. The molecule has 0 amide bonds. The summed E-state index contributed by atoms with van der Waals surface area (Å²) in [7, 11) is 0. The third-order valence-electron chi connectivity index (χ3n) is 3.58. The summed E-state index contributed by atoms with van der Waals surface area (Å²) in [5.74, 6) is -2.90. The number of nitrogens with one attached hydrogen (secondary N) is 1. The topological polar surface area (TPSA) is 12.0 Å². The molecule has 1 N–H and O–H groups in total. The number of piperidine rings is 1. The van der Waals surface area contributed by atoms with E-state index in [1.165, 1.54) is 0 Å². The molecule has 0 spiro atoms. The van der Waals surface area contributed by atoms with Crippen molar-refractivity contribution in [1.82, 2.24) is 5.32 Å². The fourth-order valence-corrected chi connectivity index (χ4v) is 2.40. The fraction of sp³-hybridized carbons (Fsp3) is 0.538. The van der Waals surface area contributed by atoms with Gasteiger partial charge in [-0.05, 0) is 30.5 Å². The van der Waals surface area contributed by atoms with E-state index in [-0.39, 0.29) is 24.9 Å². The number of halogens is 7. The number of rotatable bonds is 1. The van der Waals surface area contributed by atoms with Crippen molar-refractivity contribution in [2.24, 2.45) is 5.92 Å². The fourth-order valence-electron chi connectivity index (χ4n) is 2.40. The number of alkyl halides is 6. The SMILES string of the molecule is Fc1ccc(C2CCC(C(F)(F)F)CN2)cc1C(F)(F)F. The molecule has 118 valence electrons. The minimum Gasteiger partial charge on any atom is -0.309 e. The van der Waals surface area contributed by atoms with E-state index in [1.807, 2.05) is 0 Å². The highest BCUT2D eigenvalue weighted by Crippen LogP contribution is 2.37. The van der Waals surface area contributed by atoms with Crippen LogP contribution in [0.25, 0.3) is 0 Å². The third-order valence-corrected chi connectivity index (χ3v) is 3.58. The van der Waals surface area contributed by atoms with Crippen molar-refractivity contribution in [3.05, 3.63) is 35.1 Å². The molecular weight excluding hydrogens is 303 g/mol. The molecular formula is C13H12F7N. The molecule has 2 rings (SSSR count). The summed E-state index contributed by atoms with van der Waals surface area (Å²) in [6.45, 7) is -0.354. The quantitative estimate of drug-likeness (QED) is 0.755. The second-order valence-electron chi connectivity index (χ2n) is 5.01. The smallest absolute Gasteiger partial charge is 0.309 e. The maximum Gasteiger partial charge on any atom is 0.419 e. The molecule has 0 aliphatic carbocycles. The van der Waals surface area contributed by atoms with Gasteiger partial charge in [-0.25, -0.2) is 4.39 Å². The van der Waals surface area contributed by atoms with Gasteiger partial charge in [-0.1, -0.05) is 6.07 Å². The van der Waals surface area contributed by atoms with Gasteiger partial charge >= 0.3 is 12.4 Å². The lowest BCUT2D eigenvalue weighted by Gasteiger charge is -2.31. The van der Waals surface area contributed by atoms with Gasteiger partial charge in [0.25, 0.3) is 0 Å². The Morgan fingerprint density at radius 3 is 2.14 bits per heavy atom. The third kappa shape index (κ3) is 3.66. The molecule has 1 heterocycles. The number of hydrogen-bond acceptors (Lipinski definition) is 1. The molecule has 0 saturated carbocycles. The van der Waals surface area contributed by atoms with Gasteiger partial charge in [0.15, 0.2) is 0 Å². The average molecular weight is 315 g/mol. The molecule has 0 radical (unpaired) electrons. The minimum atomic E-state index is -4.83. The molecule has 0 aromatic heterocycles. The van der Waals surface area contributed by atoms with E-state index in [0.717, 1.165) is 6.07 Å². The Morgan fingerprint density at radius 2 is 1.67 bits per heavy atom. The Balaban J connectivity index is 2.14. The van der Waals surface area contributed by atoms with E-state index in [1.54, 1.807) is 0 Å². The molecule has 1 aliphatic heterocycles. The molecule has 21 heavy (non-hydrogen) atoms. The molecule has 8 heteroatoms. The summed E-state index contributed by atoms with van der Waals surface area (Å²) in [4.78, 5) is 0. The Hall–Kier alpha value is -1.31. The highest BCUT2D eigenvalue weighted by Gasteiger charge is 2.42. The van der Waals surface area contributed by atoms with Crippen molar-refractivity contribution in [3.8, 4) is 0 Å². The number of benzene rings is 1. The van der Waals surface area contributed by atoms with Gasteiger partial charge in [-0.15, -0.1) is 0 Å². The second-order valence-corrected chi connectivity index (χ2v) is 5.01. The van der Waals surface area contributed by atoms with Crippen molar-refractivity contribution in [1.29, 1.82) is 0 Å². The van der Waals surface area contributed by atoms with Gasteiger partial charge in [0.05, 0.1) is 11.5 Å². The van der Waals surface area contributed by atoms with Gasteiger partial charge in [-0.2, -0.15) is 26.3 Å². The Bertz CT molecular complexity index is 498. The highest BCUT2D eigenvalue weighted by atomic mass is 19.4. The van der Waals surface area contributed by atoms with Crippen LogP contribution in [0.15, 0.2) is 18.2 Å². The monoisotopic (exact) mass is 315 g/mol. The molecule has 1 saturated heterocycles. The van der Waals surface area contributed by atoms with E-state index in [2.05, 4.69) is 5.32 Å². The van der Waals surface area contributed by atoms with Crippen LogP contribution in [0.2, 0.25) is 0 Å². The summed E-state index contributed by atoms with van der Waals surface area (Å²) < 4.78 is 88.5. The first-order valence-corrected chi connectivity index (χ1v) is 6.26. The van der Waals surface area contributed by atoms with Crippen molar-refractivity contribution in [2.45, 2.75) is 31.2 Å². The van der Waals surface area contributed by atoms with E-state index in [9.17, 15) is 30.7 Å². The molecule has 0 bridgehead atoms. The molecule has 2 unspecified atom stereocenters. The summed E-state index contributed by atoms with van der Waals surface area (Å²) in [6.07, 6.45) is -9.27. The first kappa shape index (κ1) is 16.1. The van der Waals surface area contributed by atoms with E-state index in [4.69, 9.17) is 0 Å². The van der Waals surface area contributed by atoms with Crippen LogP contribution in [0, 0.1) is 11.7 Å².